The van der Waals surface area contributed by atoms with E-state index in [2.05, 4.69) is 54.4 Å². The van der Waals surface area contributed by atoms with Crippen molar-refractivity contribution in [2.45, 2.75) is 64.0 Å². The Morgan fingerprint density at radius 3 is 2.58 bits per heavy atom. The lowest BCUT2D eigenvalue weighted by atomic mass is 9.77. The zero-order valence-electron chi connectivity index (χ0n) is 18.7. The first-order valence-electron chi connectivity index (χ1n) is 11.2. The Morgan fingerprint density at radius 2 is 1.87 bits per heavy atom. The molecule has 0 aliphatic heterocycles. The highest BCUT2D eigenvalue weighted by atomic mass is 28.3. The fourth-order valence-electron chi connectivity index (χ4n) is 4.28. The molecule has 1 aliphatic carbocycles. The highest BCUT2D eigenvalue weighted by Crippen LogP contribution is 2.39. The number of ether oxygens (including phenoxy) is 1. The van der Waals surface area contributed by atoms with E-state index < -0.39 is 14.2 Å². The van der Waals surface area contributed by atoms with E-state index in [1.165, 1.54) is 5.56 Å². The summed E-state index contributed by atoms with van der Waals surface area (Å²) >= 11 is 0. The van der Waals surface area contributed by atoms with Gasteiger partial charge in [0.25, 0.3) is 0 Å². The summed E-state index contributed by atoms with van der Waals surface area (Å²) in [5, 5.41) is 15.1. The Hall–Kier alpha value is -2.55. The quantitative estimate of drug-likeness (QED) is 0.432. The van der Waals surface area contributed by atoms with Crippen molar-refractivity contribution in [2.24, 2.45) is 5.92 Å². The second kappa shape index (κ2) is 9.29. The number of fused-ring (bicyclic) bond motifs is 1. The van der Waals surface area contributed by atoms with E-state index in [1.54, 1.807) is 0 Å². The number of rotatable bonds is 5. The highest BCUT2D eigenvalue weighted by Gasteiger charge is 2.28. The highest BCUT2D eigenvalue weighted by molar-refractivity contribution is 6.83. The number of hydrogen-bond acceptors (Lipinski definition) is 3. The number of nitrogens with zero attached hydrogens (tertiary/aromatic N) is 2. The molecule has 0 bridgehead atoms. The lowest BCUT2D eigenvalue weighted by Gasteiger charge is -2.29. The van der Waals surface area contributed by atoms with Crippen LogP contribution in [0.25, 0.3) is 5.52 Å². The summed E-state index contributed by atoms with van der Waals surface area (Å²) in [5.74, 6) is 4.76. The minimum atomic E-state index is -1.45. The first-order valence-corrected chi connectivity index (χ1v) is 14.7. The number of hydrogen-bond donors (Lipinski definition) is 1. The number of pyridine rings is 1. The molecule has 31 heavy (non-hydrogen) atoms. The van der Waals surface area contributed by atoms with E-state index in [-0.39, 0.29) is 5.92 Å². The third-order valence-corrected chi connectivity index (χ3v) is 6.92. The monoisotopic (exact) mass is 432 g/mol. The molecule has 1 fully saturated rings. The van der Waals surface area contributed by atoms with Crippen molar-refractivity contribution in [1.29, 1.82) is 0 Å². The van der Waals surface area contributed by atoms with Gasteiger partial charge in [-0.3, -0.25) is 0 Å². The Balaban J connectivity index is 1.42. The molecule has 0 spiro atoms. The molecule has 0 amide bonds. The average molecular weight is 433 g/mol. The fraction of sp³-hybridized carbons (Fsp3) is 0.423. The number of aromatic nitrogens is 2. The first kappa shape index (κ1) is 21.7. The number of benzene rings is 1. The summed E-state index contributed by atoms with van der Waals surface area (Å²) in [6.45, 7) is 7.20. The molecule has 1 aliphatic rings. The van der Waals surface area contributed by atoms with Gasteiger partial charge < -0.3 is 9.84 Å². The van der Waals surface area contributed by atoms with Gasteiger partial charge in [-0.1, -0.05) is 55.9 Å². The third kappa shape index (κ3) is 5.58. The van der Waals surface area contributed by atoms with Gasteiger partial charge in [-0.15, -0.1) is 5.54 Å². The molecule has 162 valence electrons. The molecule has 0 saturated heterocycles. The third-order valence-electron chi connectivity index (χ3n) is 6.02. The minimum Gasteiger partial charge on any atom is -0.489 e. The van der Waals surface area contributed by atoms with Crippen LogP contribution in [0.2, 0.25) is 19.6 Å². The predicted octanol–water partition coefficient (Wildman–Crippen LogP) is 5.43. The van der Waals surface area contributed by atoms with Crippen molar-refractivity contribution >= 4 is 13.6 Å². The van der Waals surface area contributed by atoms with Crippen LogP contribution in [-0.4, -0.2) is 28.9 Å². The molecular formula is C26H32N2O2Si. The lowest BCUT2D eigenvalue weighted by Crippen LogP contribution is -2.25. The van der Waals surface area contributed by atoms with Crippen LogP contribution in [0.15, 0.2) is 54.9 Å². The van der Waals surface area contributed by atoms with Gasteiger partial charge in [0.1, 0.15) is 26.5 Å². The van der Waals surface area contributed by atoms with Crippen molar-refractivity contribution in [1.82, 2.24) is 9.61 Å². The summed E-state index contributed by atoms with van der Waals surface area (Å²) in [6, 6.07) is 14.3. The fourth-order valence-corrected chi connectivity index (χ4v) is 4.86. The summed E-state index contributed by atoms with van der Waals surface area (Å²) in [7, 11) is -1.45. The zero-order valence-corrected chi connectivity index (χ0v) is 19.7. The molecule has 2 aromatic heterocycles. The maximum atomic E-state index is 10.5. The molecule has 4 nitrogen and oxygen atoms in total. The second-order valence-electron chi connectivity index (χ2n) is 9.64. The zero-order chi connectivity index (χ0) is 21.8. The number of aliphatic hydroxyl groups is 1. The largest absolute Gasteiger partial charge is 0.489 e. The van der Waals surface area contributed by atoms with Crippen molar-refractivity contribution in [3.05, 3.63) is 66.0 Å². The van der Waals surface area contributed by atoms with Crippen molar-refractivity contribution in [3.8, 4) is 17.2 Å². The van der Waals surface area contributed by atoms with Crippen LogP contribution in [0, 0.1) is 17.4 Å². The van der Waals surface area contributed by atoms with Crippen LogP contribution in [0.3, 0.4) is 0 Å². The minimum absolute atomic E-state index is 0.284. The van der Waals surface area contributed by atoms with Gasteiger partial charge in [0, 0.05) is 17.8 Å². The van der Waals surface area contributed by atoms with Gasteiger partial charge in [0.2, 0.25) is 0 Å². The van der Waals surface area contributed by atoms with Crippen LogP contribution in [0.5, 0.6) is 5.75 Å². The van der Waals surface area contributed by atoms with Gasteiger partial charge in [-0.2, -0.15) is 5.10 Å². The van der Waals surface area contributed by atoms with Gasteiger partial charge in [-0.25, -0.2) is 4.52 Å². The van der Waals surface area contributed by atoms with Crippen LogP contribution >= 0.6 is 0 Å². The number of aliphatic hydroxyl groups excluding tert-OH is 1. The second-order valence-corrected chi connectivity index (χ2v) is 14.4. The van der Waals surface area contributed by atoms with E-state index in [0.29, 0.717) is 12.5 Å². The molecule has 5 heteroatoms. The summed E-state index contributed by atoms with van der Waals surface area (Å²) in [6.07, 6.45) is 7.62. The van der Waals surface area contributed by atoms with Gasteiger partial charge in [0.05, 0.1) is 11.7 Å². The van der Waals surface area contributed by atoms with Crippen molar-refractivity contribution in [3.63, 3.8) is 0 Å². The van der Waals surface area contributed by atoms with E-state index in [1.807, 2.05) is 41.2 Å². The van der Waals surface area contributed by atoms with Crippen LogP contribution < -0.4 is 4.74 Å². The maximum absolute atomic E-state index is 10.5. The topological polar surface area (TPSA) is 46.8 Å². The summed E-state index contributed by atoms with van der Waals surface area (Å²) in [4.78, 5) is 0. The Kier molecular flexibility index (Phi) is 6.50. The molecule has 1 aromatic carbocycles. The van der Waals surface area contributed by atoms with E-state index >= 15 is 0 Å². The van der Waals surface area contributed by atoms with Crippen LogP contribution in [-0.2, 0) is 6.61 Å². The normalized spacial score (nSPS) is 20.1. The molecule has 1 atom stereocenters. The van der Waals surface area contributed by atoms with Crippen molar-refractivity contribution in [2.75, 3.05) is 0 Å². The molecule has 2 heterocycles. The van der Waals surface area contributed by atoms with E-state index in [0.717, 1.165) is 42.5 Å². The van der Waals surface area contributed by atoms with Gasteiger partial charge in [0.15, 0.2) is 0 Å². The SMILES string of the molecule is C[Si](C)(C)C#CC(O)[C@H]1CC[C@H](c2cnn3ccc(OCc4ccccc4)cc23)CC1. The molecule has 1 N–H and O–H groups in total. The Labute approximate surface area is 186 Å². The summed E-state index contributed by atoms with van der Waals surface area (Å²) < 4.78 is 7.96. The van der Waals surface area contributed by atoms with Gasteiger partial charge >= 0.3 is 0 Å². The van der Waals surface area contributed by atoms with E-state index in [9.17, 15) is 5.11 Å². The standard InChI is InChI=1S/C26H32N2O2Si/c1-31(2,3)16-14-26(29)22-11-9-21(10-12-22)24-18-27-28-15-13-23(17-25(24)28)30-19-20-7-5-4-6-8-20/h4-8,13,15,17-18,21-22,26,29H,9-12,19H2,1-3H3/t21-,22-,26?. The first-order chi connectivity index (χ1) is 14.9. The molecule has 0 radical (unpaired) electrons. The average Bonchev–Trinajstić information content (AvgIpc) is 3.19. The van der Waals surface area contributed by atoms with E-state index in [4.69, 9.17) is 4.74 Å². The lowest BCUT2D eigenvalue weighted by molar-refractivity contribution is 0.128. The smallest absolute Gasteiger partial charge is 0.129 e. The van der Waals surface area contributed by atoms with Crippen LogP contribution in [0.4, 0.5) is 0 Å². The summed E-state index contributed by atoms with van der Waals surface area (Å²) in [5.41, 5.74) is 6.88. The Bertz CT molecular complexity index is 1070. The molecule has 1 unspecified atom stereocenters. The molecule has 3 aromatic rings. The molecular weight excluding hydrogens is 400 g/mol. The molecule has 1 saturated carbocycles. The predicted molar refractivity (Wildman–Crippen MR) is 128 cm³/mol. The van der Waals surface area contributed by atoms with Gasteiger partial charge in [-0.05, 0) is 49.1 Å². The Morgan fingerprint density at radius 1 is 1.13 bits per heavy atom. The van der Waals surface area contributed by atoms with Crippen molar-refractivity contribution < 1.29 is 9.84 Å². The molecule has 4 rings (SSSR count). The van der Waals surface area contributed by atoms with Crippen LogP contribution in [0.1, 0.15) is 42.7 Å². The maximum Gasteiger partial charge on any atom is 0.129 e.